The van der Waals surface area contributed by atoms with Gasteiger partial charge in [0, 0.05) is 26.1 Å². The van der Waals surface area contributed by atoms with E-state index in [4.69, 9.17) is 14.2 Å². The highest BCUT2D eigenvalue weighted by atomic mass is 16.5. The Morgan fingerprint density at radius 1 is 1.04 bits per heavy atom. The van der Waals surface area contributed by atoms with Crippen LogP contribution in [0, 0.1) is 0 Å². The average molecular weight is 383 g/mol. The van der Waals surface area contributed by atoms with E-state index < -0.39 is 0 Å². The molecule has 0 spiro atoms. The van der Waals surface area contributed by atoms with Crippen molar-refractivity contribution in [2.24, 2.45) is 7.05 Å². The van der Waals surface area contributed by atoms with Crippen molar-refractivity contribution in [3.8, 4) is 17.2 Å². The third kappa shape index (κ3) is 4.19. The van der Waals surface area contributed by atoms with Gasteiger partial charge in [-0.15, -0.1) is 0 Å². The maximum atomic E-state index is 12.3. The van der Waals surface area contributed by atoms with Crippen molar-refractivity contribution in [2.45, 2.75) is 12.8 Å². The number of rotatable bonds is 8. The summed E-state index contributed by atoms with van der Waals surface area (Å²) >= 11 is 0. The lowest BCUT2D eigenvalue weighted by Crippen LogP contribution is -2.27. The molecule has 2 aromatic carbocycles. The number of aryl methyl sites for hydroxylation is 1. The van der Waals surface area contributed by atoms with E-state index in [0.717, 1.165) is 28.2 Å². The monoisotopic (exact) mass is 383 g/mol. The van der Waals surface area contributed by atoms with Crippen molar-refractivity contribution in [2.75, 3.05) is 27.9 Å². The van der Waals surface area contributed by atoms with Gasteiger partial charge < -0.3 is 24.1 Å². The molecular weight excluding hydrogens is 358 g/mol. The molecule has 1 heterocycles. The van der Waals surface area contributed by atoms with Crippen molar-refractivity contribution in [3.05, 3.63) is 47.8 Å². The molecule has 7 nitrogen and oxygen atoms in total. The van der Waals surface area contributed by atoms with Gasteiger partial charge in [0.15, 0.2) is 11.5 Å². The summed E-state index contributed by atoms with van der Waals surface area (Å²) in [6.07, 6.45) is 0.922. The molecule has 0 fully saturated rings. The van der Waals surface area contributed by atoms with Crippen LogP contribution in [-0.2, 0) is 24.7 Å². The number of hydrogen-bond acceptors (Lipinski definition) is 5. The number of amides is 1. The van der Waals surface area contributed by atoms with Crippen LogP contribution in [0.15, 0.2) is 36.4 Å². The Labute approximate surface area is 164 Å². The van der Waals surface area contributed by atoms with Gasteiger partial charge in [-0.3, -0.25) is 4.79 Å². The number of imidazole rings is 1. The quantitative estimate of drug-likeness (QED) is 0.647. The Morgan fingerprint density at radius 3 is 2.54 bits per heavy atom. The summed E-state index contributed by atoms with van der Waals surface area (Å²) in [6.45, 7) is 0.514. The molecule has 0 aliphatic heterocycles. The first-order chi connectivity index (χ1) is 13.5. The minimum Gasteiger partial charge on any atom is -0.497 e. The molecule has 1 N–H and O–H groups in total. The second-order valence-corrected chi connectivity index (χ2v) is 6.41. The minimum atomic E-state index is -0.0485. The lowest BCUT2D eigenvalue weighted by molar-refractivity contribution is -0.120. The lowest BCUT2D eigenvalue weighted by atomic mass is 10.1. The first kappa shape index (κ1) is 19.5. The van der Waals surface area contributed by atoms with Gasteiger partial charge in [0.25, 0.3) is 0 Å². The zero-order chi connectivity index (χ0) is 20.1. The van der Waals surface area contributed by atoms with E-state index in [9.17, 15) is 4.79 Å². The second-order valence-electron chi connectivity index (χ2n) is 6.41. The van der Waals surface area contributed by atoms with Crippen molar-refractivity contribution >= 4 is 16.9 Å². The van der Waals surface area contributed by atoms with Crippen LogP contribution in [0.4, 0.5) is 0 Å². The number of hydrogen-bond donors (Lipinski definition) is 1. The SMILES string of the molecule is COc1ccc2c(c1)nc(CCNC(=O)Cc1ccc(OC)c(OC)c1)n2C. The number of benzene rings is 2. The van der Waals surface area contributed by atoms with Gasteiger partial charge in [-0.2, -0.15) is 0 Å². The Balaban J connectivity index is 1.58. The summed E-state index contributed by atoms with van der Waals surface area (Å²) in [5.41, 5.74) is 2.78. The summed E-state index contributed by atoms with van der Waals surface area (Å²) in [7, 11) is 6.77. The smallest absolute Gasteiger partial charge is 0.224 e. The molecule has 148 valence electrons. The fourth-order valence-corrected chi connectivity index (χ4v) is 3.13. The van der Waals surface area contributed by atoms with Crippen LogP contribution in [0.5, 0.6) is 17.2 Å². The van der Waals surface area contributed by atoms with Crippen molar-refractivity contribution in [3.63, 3.8) is 0 Å². The molecule has 0 saturated carbocycles. The molecular formula is C21H25N3O4. The average Bonchev–Trinajstić information content (AvgIpc) is 3.02. The van der Waals surface area contributed by atoms with E-state index in [-0.39, 0.29) is 12.3 Å². The minimum absolute atomic E-state index is 0.0485. The molecule has 3 aromatic rings. The van der Waals surface area contributed by atoms with Gasteiger partial charge in [0.1, 0.15) is 11.6 Å². The Kier molecular flexibility index (Phi) is 6.03. The summed E-state index contributed by atoms with van der Waals surface area (Å²) in [5, 5.41) is 2.95. The number of nitrogens with zero attached hydrogens (tertiary/aromatic N) is 2. The van der Waals surface area contributed by atoms with Crippen molar-refractivity contribution < 1.29 is 19.0 Å². The number of aromatic nitrogens is 2. The fraction of sp³-hybridized carbons (Fsp3) is 0.333. The predicted molar refractivity (Wildman–Crippen MR) is 107 cm³/mol. The highest BCUT2D eigenvalue weighted by Gasteiger charge is 2.11. The van der Waals surface area contributed by atoms with Gasteiger partial charge in [-0.25, -0.2) is 4.98 Å². The number of ether oxygens (including phenoxy) is 3. The summed E-state index contributed by atoms with van der Waals surface area (Å²) in [5.74, 6) is 2.90. The molecule has 3 rings (SSSR count). The molecule has 0 aliphatic rings. The normalized spacial score (nSPS) is 10.7. The molecule has 0 unspecified atom stereocenters. The lowest BCUT2D eigenvalue weighted by Gasteiger charge is -2.10. The number of fused-ring (bicyclic) bond motifs is 1. The first-order valence-corrected chi connectivity index (χ1v) is 9.02. The Bertz CT molecular complexity index is 981. The first-order valence-electron chi connectivity index (χ1n) is 9.02. The van der Waals surface area contributed by atoms with E-state index in [1.54, 1.807) is 27.4 Å². The number of carbonyl (C=O) groups is 1. The van der Waals surface area contributed by atoms with Crippen molar-refractivity contribution in [1.29, 1.82) is 0 Å². The van der Waals surface area contributed by atoms with Gasteiger partial charge in [0.2, 0.25) is 5.91 Å². The molecule has 0 saturated heterocycles. The summed E-state index contributed by atoms with van der Waals surface area (Å²) < 4.78 is 17.8. The second kappa shape index (κ2) is 8.65. The van der Waals surface area contributed by atoms with Crippen LogP contribution >= 0.6 is 0 Å². The predicted octanol–water partition coefficient (Wildman–Crippen LogP) is 2.50. The molecule has 7 heteroatoms. The number of methoxy groups -OCH3 is 3. The zero-order valence-electron chi connectivity index (χ0n) is 16.6. The molecule has 0 aliphatic carbocycles. The number of carbonyl (C=O) groups excluding carboxylic acids is 1. The maximum absolute atomic E-state index is 12.3. The van der Waals surface area contributed by atoms with Gasteiger partial charge in [-0.05, 0) is 29.8 Å². The summed E-state index contributed by atoms with van der Waals surface area (Å²) in [6, 6.07) is 11.3. The molecule has 0 radical (unpaired) electrons. The highest BCUT2D eigenvalue weighted by Crippen LogP contribution is 2.27. The van der Waals surface area contributed by atoms with Crippen LogP contribution < -0.4 is 19.5 Å². The molecule has 0 atom stereocenters. The van der Waals surface area contributed by atoms with E-state index >= 15 is 0 Å². The Hall–Kier alpha value is -3.22. The molecule has 0 bridgehead atoms. The van der Waals surface area contributed by atoms with E-state index in [0.29, 0.717) is 24.5 Å². The highest BCUT2D eigenvalue weighted by molar-refractivity contribution is 5.79. The van der Waals surface area contributed by atoms with E-state index in [2.05, 4.69) is 10.3 Å². The van der Waals surface area contributed by atoms with Crippen LogP contribution in [0.25, 0.3) is 11.0 Å². The third-order valence-electron chi connectivity index (χ3n) is 4.66. The van der Waals surface area contributed by atoms with Crippen LogP contribution in [0.1, 0.15) is 11.4 Å². The van der Waals surface area contributed by atoms with E-state index in [1.807, 2.05) is 41.9 Å². The van der Waals surface area contributed by atoms with Gasteiger partial charge in [-0.1, -0.05) is 6.07 Å². The largest absolute Gasteiger partial charge is 0.497 e. The van der Waals surface area contributed by atoms with Crippen LogP contribution in [0.3, 0.4) is 0 Å². The Morgan fingerprint density at radius 2 is 1.82 bits per heavy atom. The zero-order valence-corrected chi connectivity index (χ0v) is 16.6. The molecule has 1 amide bonds. The number of nitrogens with one attached hydrogen (secondary N) is 1. The summed E-state index contributed by atoms with van der Waals surface area (Å²) in [4.78, 5) is 16.9. The fourth-order valence-electron chi connectivity index (χ4n) is 3.13. The van der Waals surface area contributed by atoms with Gasteiger partial charge >= 0.3 is 0 Å². The molecule has 1 aromatic heterocycles. The van der Waals surface area contributed by atoms with E-state index in [1.165, 1.54) is 0 Å². The standard InChI is InChI=1S/C21H25N3O4/c1-24-17-7-6-15(26-2)13-16(17)23-20(24)9-10-22-21(25)12-14-5-8-18(27-3)19(11-14)28-4/h5-8,11,13H,9-10,12H2,1-4H3,(H,22,25). The van der Waals surface area contributed by atoms with Crippen LogP contribution in [-0.4, -0.2) is 43.3 Å². The van der Waals surface area contributed by atoms with Crippen LogP contribution in [0.2, 0.25) is 0 Å². The van der Waals surface area contributed by atoms with Crippen molar-refractivity contribution in [1.82, 2.24) is 14.9 Å². The molecule has 28 heavy (non-hydrogen) atoms. The third-order valence-corrected chi connectivity index (χ3v) is 4.66. The maximum Gasteiger partial charge on any atom is 0.224 e. The topological polar surface area (TPSA) is 74.6 Å². The van der Waals surface area contributed by atoms with Gasteiger partial charge in [0.05, 0.1) is 38.8 Å².